The third-order valence-corrected chi connectivity index (χ3v) is 4.16. The van der Waals surface area contributed by atoms with E-state index in [1.807, 2.05) is 0 Å². The number of nitrogens with one attached hydrogen (secondary N) is 1. The highest BCUT2D eigenvalue weighted by molar-refractivity contribution is 7.87. The van der Waals surface area contributed by atoms with Crippen LogP contribution in [0.4, 0.5) is 0 Å². The van der Waals surface area contributed by atoms with Crippen molar-refractivity contribution in [3.8, 4) is 5.75 Å². The van der Waals surface area contributed by atoms with Gasteiger partial charge in [0.25, 0.3) is 0 Å². The van der Waals surface area contributed by atoms with Crippen molar-refractivity contribution in [1.29, 1.82) is 0 Å². The number of hydrogen-bond donors (Lipinski definition) is 2. The van der Waals surface area contributed by atoms with Gasteiger partial charge >= 0.3 is 10.1 Å². The number of aliphatic hydroxyl groups is 1. The van der Waals surface area contributed by atoms with E-state index in [1.54, 1.807) is 37.4 Å². The Morgan fingerprint density at radius 2 is 1.71 bits per heavy atom. The molecule has 112 valence electrons. The molecule has 0 aliphatic rings. The first-order valence-corrected chi connectivity index (χ1v) is 7.86. The molecular formula is C15H17NO4S. The van der Waals surface area contributed by atoms with Crippen molar-refractivity contribution in [1.82, 2.24) is 5.32 Å². The summed E-state index contributed by atoms with van der Waals surface area (Å²) < 4.78 is 29.1. The van der Waals surface area contributed by atoms with Crippen molar-refractivity contribution in [2.24, 2.45) is 0 Å². The van der Waals surface area contributed by atoms with Crippen molar-refractivity contribution >= 4 is 10.1 Å². The van der Waals surface area contributed by atoms with Gasteiger partial charge in [0, 0.05) is 6.54 Å². The molecule has 2 N–H and O–H groups in total. The van der Waals surface area contributed by atoms with Crippen LogP contribution in [0.15, 0.2) is 59.5 Å². The maximum absolute atomic E-state index is 12.0. The summed E-state index contributed by atoms with van der Waals surface area (Å²) in [5, 5.41) is 12.7. The van der Waals surface area contributed by atoms with Gasteiger partial charge in [0.1, 0.15) is 10.6 Å². The lowest BCUT2D eigenvalue weighted by molar-refractivity contribution is 0.178. The molecule has 5 nitrogen and oxygen atoms in total. The normalized spacial score (nSPS) is 12.9. The molecule has 0 bridgehead atoms. The molecule has 6 heteroatoms. The molecule has 0 aromatic heterocycles. The Labute approximate surface area is 124 Å². The summed E-state index contributed by atoms with van der Waals surface area (Å²) in [6, 6.07) is 14.3. The van der Waals surface area contributed by atoms with Gasteiger partial charge in [-0.1, -0.05) is 30.3 Å². The average molecular weight is 307 g/mol. The summed E-state index contributed by atoms with van der Waals surface area (Å²) in [6.07, 6.45) is -0.644. The predicted molar refractivity (Wildman–Crippen MR) is 79.6 cm³/mol. The van der Waals surface area contributed by atoms with Gasteiger partial charge in [-0.3, -0.25) is 0 Å². The Morgan fingerprint density at radius 3 is 2.29 bits per heavy atom. The summed E-state index contributed by atoms with van der Waals surface area (Å²) in [5.41, 5.74) is 0.689. The van der Waals surface area contributed by atoms with Crippen LogP contribution in [0.2, 0.25) is 0 Å². The lowest BCUT2D eigenvalue weighted by atomic mass is 10.1. The van der Waals surface area contributed by atoms with Crippen LogP contribution in [0.1, 0.15) is 11.7 Å². The van der Waals surface area contributed by atoms with Gasteiger partial charge in [0.05, 0.1) is 6.10 Å². The molecule has 0 fully saturated rings. The Hall–Kier alpha value is -1.89. The second-order valence-corrected chi connectivity index (χ2v) is 6.04. The fraction of sp³-hybridized carbons (Fsp3) is 0.200. The van der Waals surface area contributed by atoms with Crippen LogP contribution in [-0.4, -0.2) is 27.1 Å². The van der Waals surface area contributed by atoms with Crippen molar-refractivity contribution in [3.05, 3.63) is 60.2 Å². The summed E-state index contributed by atoms with van der Waals surface area (Å²) in [4.78, 5) is 0.101. The largest absolute Gasteiger partial charge is 0.387 e. The van der Waals surface area contributed by atoms with E-state index in [1.165, 1.54) is 24.3 Å². The van der Waals surface area contributed by atoms with Gasteiger partial charge in [-0.25, -0.2) is 0 Å². The van der Waals surface area contributed by atoms with E-state index in [0.717, 1.165) is 0 Å². The standard InChI is InChI=1S/C15H17NO4S/c1-16-11-15(17)12-7-9-13(10-8-12)20-21(18,19)14-5-3-2-4-6-14/h2-10,15-17H,11H2,1H3. The Morgan fingerprint density at radius 1 is 1.10 bits per heavy atom. The first-order chi connectivity index (χ1) is 10.0. The highest BCUT2D eigenvalue weighted by atomic mass is 32.2. The Kier molecular flexibility index (Phi) is 4.95. The zero-order valence-corrected chi connectivity index (χ0v) is 12.4. The molecule has 1 atom stereocenters. The number of benzene rings is 2. The van der Waals surface area contributed by atoms with Gasteiger partial charge in [-0.05, 0) is 36.9 Å². The fourth-order valence-corrected chi connectivity index (χ4v) is 2.77. The van der Waals surface area contributed by atoms with Gasteiger partial charge in [0.2, 0.25) is 0 Å². The summed E-state index contributed by atoms with van der Waals surface area (Å²) in [6.45, 7) is 0.419. The van der Waals surface area contributed by atoms with Crippen LogP contribution in [0.25, 0.3) is 0 Å². The first-order valence-electron chi connectivity index (χ1n) is 6.45. The van der Waals surface area contributed by atoms with Crippen LogP contribution in [0.5, 0.6) is 5.75 Å². The molecule has 0 heterocycles. The number of hydrogen-bond acceptors (Lipinski definition) is 5. The third-order valence-electron chi connectivity index (χ3n) is 2.90. The molecule has 2 rings (SSSR count). The molecule has 1 unspecified atom stereocenters. The average Bonchev–Trinajstić information content (AvgIpc) is 2.49. The van der Waals surface area contributed by atoms with Crippen LogP contribution in [0.3, 0.4) is 0 Å². The van der Waals surface area contributed by atoms with Crippen LogP contribution >= 0.6 is 0 Å². The molecule has 0 saturated heterocycles. The molecule has 0 aliphatic carbocycles. The van der Waals surface area contributed by atoms with E-state index in [0.29, 0.717) is 12.1 Å². The number of likely N-dealkylation sites (N-methyl/N-ethyl adjacent to an activating group) is 1. The molecular weight excluding hydrogens is 290 g/mol. The van der Waals surface area contributed by atoms with Crippen LogP contribution in [-0.2, 0) is 10.1 Å². The summed E-state index contributed by atoms with van der Waals surface area (Å²) in [7, 11) is -2.09. The minimum Gasteiger partial charge on any atom is -0.387 e. The van der Waals surface area contributed by atoms with Crippen molar-refractivity contribution in [2.45, 2.75) is 11.0 Å². The maximum Gasteiger partial charge on any atom is 0.339 e. The molecule has 0 saturated carbocycles. The fourth-order valence-electron chi connectivity index (χ4n) is 1.82. The minimum atomic E-state index is -3.83. The molecule has 0 radical (unpaired) electrons. The maximum atomic E-state index is 12.0. The van der Waals surface area contributed by atoms with Crippen LogP contribution < -0.4 is 9.50 Å². The molecule has 2 aromatic carbocycles. The topological polar surface area (TPSA) is 75.6 Å². The van der Waals surface area contributed by atoms with E-state index < -0.39 is 16.2 Å². The van der Waals surface area contributed by atoms with Crippen molar-refractivity contribution in [2.75, 3.05) is 13.6 Å². The van der Waals surface area contributed by atoms with E-state index in [4.69, 9.17) is 4.18 Å². The van der Waals surface area contributed by atoms with E-state index in [9.17, 15) is 13.5 Å². The second kappa shape index (κ2) is 6.71. The van der Waals surface area contributed by atoms with E-state index >= 15 is 0 Å². The van der Waals surface area contributed by atoms with E-state index in [2.05, 4.69) is 5.32 Å². The molecule has 0 spiro atoms. The van der Waals surface area contributed by atoms with Gasteiger partial charge in [-0.2, -0.15) is 8.42 Å². The van der Waals surface area contributed by atoms with Gasteiger partial charge < -0.3 is 14.6 Å². The monoisotopic (exact) mass is 307 g/mol. The van der Waals surface area contributed by atoms with Crippen molar-refractivity contribution in [3.63, 3.8) is 0 Å². The van der Waals surface area contributed by atoms with Crippen molar-refractivity contribution < 1.29 is 17.7 Å². The Bertz CT molecular complexity index is 669. The smallest absolute Gasteiger partial charge is 0.339 e. The van der Waals surface area contributed by atoms with Crippen LogP contribution in [0, 0.1) is 0 Å². The SMILES string of the molecule is CNCC(O)c1ccc(OS(=O)(=O)c2ccccc2)cc1. The number of aliphatic hydroxyl groups excluding tert-OH is 1. The Balaban J connectivity index is 2.14. The van der Waals surface area contributed by atoms with E-state index in [-0.39, 0.29) is 10.6 Å². The molecule has 0 amide bonds. The summed E-state index contributed by atoms with van der Waals surface area (Å²) in [5.74, 6) is 0.208. The highest BCUT2D eigenvalue weighted by Gasteiger charge is 2.16. The first kappa shape index (κ1) is 15.5. The predicted octanol–water partition coefficient (Wildman–Crippen LogP) is 1.71. The second-order valence-electron chi connectivity index (χ2n) is 4.49. The number of rotatable bonds is 6. The minimum absolute atomic E-state index is 0.101. The quantitative estimate of drug-likeness (QED) is 0.795. The van der Waals surface area contributed by atoms with Gasteiger partial charge in [-0.15, -0.1) is 0 Å². The lowest BCUT2D eigenvalue weighted by Crippen LogP contribution is -2.16. The molecule has 0 aliphatic heterocycles. The molecule has 2 aromatic rings. The highest BCUT2D eigenvalue weighted by Crippen LogP contribution is 2.21. The van der Waals surface area contributed by atoms with Gasteiger partial charge in [0.15, 0.2) is 0 Å². The zero-order valence-electron chi connectivity index (χ0n) is 11.6. The molecule has 21 heavy (non-hydrogen) atoms. The zero-order chi connectivity index (χ0) is 15.3. The summed E-state index contributed by atoms with van der Waals surface area (Å²) >= 11 is 0. The third kappa shape index (κ3) is 4.04. The lowest BCUT2D eigenvalue weighted by Gasteiger charge is -2.11.